The lowest BCUT2D eigenvalue weighted by Crippen LogP contribution is -2.49. The van der Waals surface area contributed by atoms with Gasteiger partial charge in [0.05, 0.1) is 18.2 Å². The van der Waals surface area contributed by atoms with Gasteiger partial charge in [0.25, 0.3) is 5.91 Å². The van der Waals surface area contributed by atoms with E-state index in [1.54, 1.807) is 11.0 Å². The Morgan fingerprint density at radius 3 is 2.50 bits per heavy atom. The number of pyridine rings is 1. The number of anilines is 2. The second-order valence-electron chi connectivity index (χ2n) is 8.61. The number of amides is 2. The minimum absolute atomic E-state index is 0.00474. The molecule has 2 saturated heterocycles. The summed E-state index contributed by atoms with van der Waals surface area (Å²) in [6.45, 7) is 8.10. The number of aliphatic hydroxyl groups excluding tert-OH is 1. The highest BCUT2D eigenvalue weighted by atomic mass is 19.1. The largest absolute Gasteiger partial charge is 0.394 e. The lowest BCUT2D eigenvalue weighted by atomic mass is 10.1. The molecule has 8 heteroatoms. The second-order valence-corrected chi connectivity index (χ2v) is 8.61. The molecule has 1 aromatic heterocycles. The highest BCUT2D eigenvalue weighted by Crippen LogP contribution is 2.29. The van der Waals surface area contributed by atoms with Gasteiger partial charge in [-0.1, -0.05) is 6.07 Å². The summed E-state index contributed by atoms with van der Waals surface area (Å²) in [6, 6.07) is 6.02. The Kier molecular flexibility index (Phi) is 6.15. The summed E-state index contributed by atoms with van der Waals surface area (Å²) in [6.07, 6.45) is 0.864. The van der Waals surface area contributed by atoms with Crippen LogP contribution in [0, 0.1) is 26.6 Å². The number of aliphatic hydroxyl groups is 1. The smallest absolute Gasteiger partial charge is 0.256 e. The molecule has 2 amide bonds. The number of aromatic nitrogens is 1. The van der Waals surface area contributed by atoms with Crippen molar-refractivity contribution < 1.29 is 19.1 Å². The third-order valence-electron chi connectivity index (χ3n) is 6.49. The molecule has 0 unspecified atom stereocenters. The standard InChI is InChI=1S/C24H29FN4O3/c1-15-12-16(2)23(26-17(15)3)27-8-10-28(11-9-27)24(32)20-6-4-18(13-21(20)25)29-19(14-30)5-7-22(29)31/h4,6,12-13,19,30H,5,7-11,14H2,1-3H3/t19-/m0/s1. The van der Waals surface area contributed by atoms with Gasteiger partial charge in [0.1, 0.15) is 11.6 Å². The number of aryl methyl sites for hydroxylation is 3. The Hall–Kier alpha value is -3.00. The predicted octanol–water partition coefficient (Wildman–Crippen LogP) is 2.60. The molecule has 2 fully saturated rings. The molecule has 3 heterocycles. The van der Waals surface area contributed by atoms with Gasteiger partial charge in [-0.25, -0.2) is 9.37 Å². The molecule has 0 aliphatic carbocycles. The van der Waals surface area contributed by atoms with Crippen molar-refractivity contribution in [3.8, 4) is 0 Å². The number of rotatable bonds is 4. The molecule has 0 bridgehead atoms. The van der Waals surface area contributed by atoms with Gasteiger partial charge in [-0.15, -0.1) is 0 Å². The number of nitrogens with zero attached hydrogens (tertiary/aromatic N) is 4. The van der Waals surface area contributed by atoms with E-state index in [-0.39, 0.29) is 30.0 Å². The summed E-state index contributed by atoms with van der Waals surface area (Å²) in [5.74, 6) is -0.221. The molecule has 7 nitrogen and oxygen atoms in total. The molecular formula is C24H29FN4O3. The fourth-order valence-corrected chi connectivity index (χ4v) is 4.54. The highest BCUT2D eigenvalue weighted by Gasteiger charge is 2.33. The van der Waals surface area contributed by atoms with Crippen LogP contribution >= 0.6 is 0 Å². The van der Waals surface area contributed by atoms with E-state index in [1.165, 1.54) is 17.0 Å². The predicted molar refractivity (Wildman–Crippen MR) is 121 cm³/mol. The molecule has 4 rings (SSSR count). The number of halogens is 1. The van der Waals surface area contributed by atoms with Gasteiger partial charge in [0.15, 0.2) is 0 Å². The normalized spacial score (nSPS) is 19.1. The van der Waals surface area contributed by atoms with Crippen LogP contribution in [0.4, 0.5) is 15.9 Å². The van der Waals surface area contributed by atoms with Crippen LogP contribution in [0.15, 0.2) is 24.3 Å². The topological polar surface area (TPSA) is 77.0 Å². The maximum Gasteiger partial charge on any atom is 0.256 e. The molecule has 2 aliphatic heterocycles. The average Bonchev–Trinajstić information content (AvgIpc) is 3.16. The van der Waals surface area contributed by atoms with Crippen molar-refractivity contribution in [3.05, 3.63) is 52.5 Å². The van der Waals surface area contributed by atoms with E-state index in [0.29, 0.717) is 44.7 Å². The first kappa shape index (κ1) is 22.2. The Bertz CT molecular complexity index is 1050. The van der Waals surface area contributed by atoms with Gasteiger partial charge in [0, 0.05) is 44.0 Å². The number of hydrogen-bond acceptors (Lipinski definition) is 5. The van der Waals surface area contributed by atoms with E-state index in [1.807, 2.05) is 20.8 Å². The third-order valence-corrected chi connectivity index (χ3v) is 6.49. The third kappa shape index (κ3) is 4.07. The maximum absolute atomic E-state index is 14.9. The average molecular weight is 441 g/mol. The van der Waals surface area contributed by atoms with Crippen molar-refractivity contribution in [1.82, 2.24) is 9.88 Å². The van der Waals surface area contributed by atoms with Gasteiger partial charge in [-0.2, -0.15) is 0 Å². The molecule has 1 aromatic carbocycles. The highest BCUT2D eigenvalue weighted by molar-refractivity contribution is 5.98. The second kappa shape index (κ2) is 8.86. The lowest BCUT2D eigenvalue weighted by Gasteiger charge is -2.36. The first-order valence-electron chi connectivity index (χ1n) is 11.0. The maximum atomic E-state index is 14.9. The van der Waals surface area contributed by atoms with Crippen molar-refractivity contribution in [2.45, 2.75) is 39.7 Å². The molecule has 1 N–H and O–H groups in total. The van der Waals surface area contributed by atoms with Crippen LogP contribution in [0.5, 0.6) is 0 Å². The van der Waals surface area contributed by atoms with Crippen LogP contribution in [-0.4, -0.2) is 65.6 Å². The van der Waals surface area contributed by atoms with Crippen molar-refractivity contribution in [2.75, 3.05) is 42.6 Å². The fraction of sp³-hybridized carbons (Fsp3) is 0.458. The van der Waals surface area contributed by atoms with Crippen LogP contribution in [0.2, 0.25) is 0 Å². The molecule has 0 spiro atoms. The molecule has 0 radical (unpaired) electrons. The van der Waals surface area contributed by atoms with Crippen molar-refractivity contribution in [3.63, 3.8) is 0 Å². The minimum Gasteiger partial charge on any atom is -0.394 e. The fourth-order valence-electron chi connectivity index (χ4n) is 4.54. The zero-order valence-corrected chi connectivity index (χ0v) is 18.8. The van der Waals surface area contributed by atoms with Gasteiger partial charge in [-0.05, 0) is 56.5 Å². The summed E-state index contributed by atoms with van der Waals surface area (Å²) in [5, 5.41) is 9.49. The van der Waals surface area contributed by atoms with Crippen molar-refractivity contribution >= 4 is 23.3 Å². The number of benzene rings is 1. The van der Waals surface area contributed by atoms with E-state index >= 15 is 0 Å². The Labute approximate surface area is 187 Å². The van der Waals surface area contributed by atoms with E-state index in [4.69, 9.17) is 4.98 Å². The molecule has 0 saturated carbocycles. The summed E-state index contributed by atoms with van der Waals surface area (Å²) >= 11 is 0. The van der Waals surface area contributed by atoms with Gasteiger partial charge >= 0.3 is 0 Å². The number of piperazine rings is 1. The van der Waals surface area contributed by atoms with Gasteiger partial charge in [0.2, 0.25) is 5.91 Å². The SMILES string of the molecule is Cc1cc(C)c(N2CCN(C(=O)c3ccc(N4C(=O)CC[C@H]4CO)cc3F)CC2)nc1C. The Morgan fingerprint density at radius 2 is 1.84 bits per heavy atom. The van der Waals surface area contributed by atoms with Crippen LogP contribution in [0.3, 0.4) is 0 Å². The first-order valence-corrected chi connectivity index (χ1v) is 11.0. The number of carbonyl (C=O) groups is 2. The van der Waals surface area contributed by atoms with E-state index < -0.39 is 5.82 Å². The number of carbonyl (C=O) groups excluding carboxylic acids is 2. The Balaban J connectivity index is 1.46. The van der Waals surface area contributed by atoms with Crippen LogP contribution < -0.4 is 9.80 Å². The Morgan fingerprint density at radius 1 is 1.12 bits per heavy atom. The van der Waals surface area contributed by atoms with Gasteiger partial charge in [-0.3, -0.25) is 9.59 Å². The molecular weight excluding hydrogens is 411 g/mol. The quantitative estimate of drug-likeness (QED) is 0.791. The van der Waals surface area contributed by atoms with Crippen LogP contribution in [0.25, 0.3) is 0 Å². The van der Waals surface area contributed by atoms with Gasteiger partial charge < -0.3 is 19.8 Å². The number of hydrogen-bond donors (Lipinski definition) is 1. The van der Waals surface area contributed by atoms with E-state index in [2.05, 4.69) is 11.0 Å². The molecule has 1 atom stereocenters. The van der Waals surface area contributed by atoms with Crippen molar-refractivity contribution in [1.29, 1.82) is 0 Å². The molecule has 32 heavy (non-hydrogen) atoms. The lowest BCUT2D eigenvalue weighted by molar-refractivity contribution is -0.117. The minimum atomic E-state index is -0.655. The zero-order chi connectivity index (χ0) is 23.0. The molecule has 170 valence electrons. The summed E-state index contributed by atoms with van der Waals surface area (Å²) in [5.41, 5.74) is 3.62. The van der Waals surface area contributed by atoms with Crippen molar-refractivity contribution in [2.24, 2.45) is 0 Å². The van der Waals surface area contributed by atoms with Crippen LogP contribution in [0.1, 0.15) is 40.0 Å². The first-order chi connectivity index (χ1) is 15.3. The molecule has 2 aliphatic rings. The summed E-state index contributed by atoms with van der Waals surface area (Å²) < 4.78 is 14.9. The summed E-state index contributed by atoms with van der Waals surface area (Å²) in [4.78, 5) is 35.1. The monoisotopic (exact) mass is 440 g/mol. The van der Waals surface area contributed by atoms with E-state index in [0.717, 1.165) is 22.6 Å². The zero-order valence-electron chi connectivity index (χ0n) is 18.8. The summed E-state index contributed by atoms with van der Waals surface area (Å²) in [7, 11) is 0. The van der Waals surface area contributed by atoms with Crippen LogP contribution in [-0.2, 0) is 4.79 Å². The van der Waals surface area contributed by atoms with E-state index in [9.17, 15) is 19.1 Å². The molecule has 2 aromatic rings.